The van der Waals surface area contributed by atoms with Crippen LogP contribution in [0.5, 0.6) is 0 Å². The van der Waals surface area contributed by atoms with Crippen LogP contribution in [0.15, 0.2) is 24.3 Å². The Balaban J connectivity index is 2.41. The maximum atomic E-state index is 12.8. The lowest BCUT2D eigenvalue weighted by molar-refractivity contribution is -0.297. The van der Waals surface area contributed by atoms with Crippen molar-refractivity contribution in [1.29, 1.82) is 0 Å². The maximum absolute atomic E-state index is 12.8. The van der Waals surface area contributed by atoms with Gasteiger partial charge in [-0.2, -0.15) is 8.42 Å². The molecule has 58 heavy (non-hydrogen) atoms. The summed E-state index contributed by atoms with van der Waals surface area (Å²) < 4.78 is 54.0. The van der Waals surface area contributed by atoms with Crippen LogP contribution in [0.25, 0.3) is 0 Å². The Morgan fingerprint density at radius 3 is 1.48 bits per heavy atom. The normalized spacial score (nSPS) is 20.6. The van der Waals surface area contributed by atoms with Crippen molar-refractivity contribution in [2.45, 2.75) is 230 Å². The Hall–Kier alpha value is -1.87. The highest BCUT2D eigenvalue weighted by molar-refractivity contribution is 7.85. The predicted octanol–water partition coefficient (Wildman–Crippen LogP) is 9.23. The molecule has 0 aromatic carbocycles. The highest BCUT2D eigenvalue weighted by atomic mass is 32.2. The lowest BCUT2D eigenvalue weighted by atomic mass is 10.00. The molecule has 0 spiro atoms. The van der Waals surface area contributed by atoms with Crippen LogP contribution in [0, 0.1) is 0 Å². The third-order valence-corrected chi connectivity index (χ3v) is 11.3. The zero-order chi connectivity index (χ0) is 42.7. The van der Waals surface area contributed by atoms with E-state index in [1.165, 1.54) is 96.3 Å². The van der Waals surface area contributed by atoms with Crippen LogP contribution in [-0.4, -0.2) is 96.0 Å². The summed E-state index contributed by atoms with van der Waals surface area (Å²) in [7, 11) is -4.60. The van der Waals surface area contributed by atoms with Crippen molar-refractivity contribution in [3.8, 4) is 0 Å². The average molecular weight is 847 g/mol. The van der Waals surface area contributed by atoms with Crippen LogP contribution < -0.4 is 0 Å². The molecule has 340 valence electrons. The highest BCUT2D eigenvalue weighted by Crippen LogP contribution is 2.24. The van der Waals surface area contributed by atoms with Gasteiger partial charge in [-0.15, -0.1) is 0 Å². The van der Waals surface area contributed by atoms with Gasteiger partial charge in [0.1, 0.15) is 36.8 Å². The van der Waals surface area contributed by atoms with Gasteiger partial charge in [-0.05, 0) is 57.8 Å². The third kappa shape index (κ3) is 30.2. The second-order valence-corrected chi connectivity index (χ2v) is 17.6. The van der Waals surface area contributed by atoms with E-state index in [2.05, 4.69) is 38.2 Å². The second-order valence-electron chi connectivity index (χ2n) is 16.1. The van der Waals surface area contributed by atoms with Crippen molar-refractivity contribution in [2.24, 2.45) is 0 Å². The fourth-order valence-corrected chi connectivity index (χ4v) is 7.58. The maximum Gasteiger partial charge on any atom is 0.306 e. The number of hydrogen-bond donors (Lipinski definition) is 4. The Morgan fingerprint density at radius 2 is 1.00 bits per heavy atom. The van der Waals surface area contributed by atoms with Gasteiger partial charge in [0.2, 0.25) is 0 Å². The number of ether oxygens (including phenoxy) is 4. The smallest absolute Gasteiger partial charge is 0.306 e. The van der Waals surface area contributed by atoms with Gasteiger partial charge in [-0.3, -0.25) is 14.1 Å². The Kier molecular flexibility index (Phi) is 33.5. The summed E-state index contributed by atoms with van der Waals surface area (Å²) in [5.74, 6) is -1.99. The Morgan fingerprint density at radius 1 is 0.569 bits per heavy atom. The number of aliphatic hydroxyl groups is 3. The minimum atomic E-state index is -4.60. The first kappa shape index (κ1) is 54.1. The summed E-state index contributed by atoms with van der Waals surface area (Å²) in [6.45, 7) is 3.71. The SMILES string of the molecule is CCCC/C=C\CCCCCCCC(=O)OCC(COC1OC(CS(=O)(=O)O)C(O)C(O)C1O)OC(=O)CCCCCCCCCCC/C=C\CCCCCCCC. The van der Waals surface area contributed by atoms with Gasteiger partial charge in [0, 0.05) is 12.8 Å². The van der Waals surface area contributed by atoms with Crippen molar-refractivity contribution in [1.82, 2.24) is 0 Å². The van der Waals surface area contributed by atoms with Crippen molar-refractivity contribution in [2.75, 3.05) is 19.0 Å². The van der Waals surface area contributed by atoms with E-state index in [4.69, 9.17) is 18.9 Å². The molecule has 1 aliphatic heterocycles. The summed E-state index contributed by atoms with van der Waals surface area (Å²) in [5.41, 5.74) is 0. The van der Waals surface area contributed by atoms with Gasteiger partial charge in [0.25, 0.3) is 10.1 Å². The van der Waals surface area contributed by atoms with E-state index >= 15 is 0 Å². The average Bonchev–Trinajstić information content (AvgIpc) is 3.18. The Labute approximate surface area is 351 Å². The lowest BCUT2D eigenvalue weighted by Crippen LogP contribution is -2.60. The van der Waals surface area contributed by atoms with Crippen LogP contribution in [0.2, 0.25) is 0 Å². The number of carbonyl (C=O) groups is 2. The molecule has 0 radical (unpaired) electrons. The molecule has 0 saturated carbocycles. The number of unbranched alkanes of at least 4 members (excludes halogenated alkanes) is 22. The molecule has 0 aromatic heterocycles. The number of allylic oxidation sites excluding steroid dienone is 4. The zero-order valence-corrected chi connectivity index (χ0v) is 37.0. The molecule has 0 aliphatic carbocycles. The molecule has 1 fully saturated rings. The molecular formula is C45H82O12S. The Bertz CT molecular complexity index is 1180. The van der Waals surface area contributed by atoms with Crippen molar-refractivity contribution in [3.63, 3.8) is 0 Å². The lowest BCUT2D eigenvalue weighted by Gasteiger charge is -2.40. The largest absolute Gasteiger partial charge is 0.462 e. The van der Waals surface area contributed by atoms with Gasteiger partial charge in [-0.25, -0.2) is 0 Å². The molecule has 6 unspecified atom stereocenters. The number of rotatable bonds is 38. The van der Waals surface area contributed by atoms with Crippen molar-refractivity contribution >= 4 is 22.1 Å². The molecule has 12 nitrogen and oxygen atoms in total. The quantitative estimate of drug-likeness (QED) is 0.0200. The first-order valence-corrected chi connectivity index (χ1v) is 24.5. The minimum Gasteiger partial charge on any atom is -0.462 e. The molecule has 6 atom stereocenters. The molecule has 13 heteroatoms. The molecule has 0 amide bonds. The topological polar surface area (TPSA) is 186 Å². The molecule has 1 saturated heterocycles. The number of esters is 2. The summed E-state index contributed by atoms with van der Waals surface area (Å²) in [6, 6.07) is 0. The molecule has 1 rings (SSSR count). The van der Waals surface area contributed by atoms with Crippen LogP contribution >= 0.6 is 0 Å². The molecule has 0 aromatic rings. The predicted molar refractivity (Wildman–Crippen MR) is 229 cm³/mol. The van der Waals surface area contributed by atoms with Crippen LogP contribution in [0.4, 0.5) is 0 Å². The number of hydrogen-bond acceptors (Lipinski definition) is 11. The number of aliphatic hydroxyl groups excluding tert-OH is 3. The molecule has 1 heterocycles. The zero-order valence-electron chi connectivity index (χ0n) is 36.2. The van der Waals surface area contributed by atoms with Crippen LogP contribution in [-0.2, 0) is 38.7 Å². The standard InChI is InChI=1S/C45H82O12S/c1-3-5-7-9-11-13-15-16-17-18-19-20-21-22-24-26-28-30-32-34-41(47)56-38(35-54-40(46)33-31-29-27-25-23-14-12-10-8-6-4-2)36-55-45-44(50)43(49)42(48)39(57-45)37-58(51,52)53/h10,12,16-17,38-39,42-45,48-50H,3-9,11,13-15,18-37H2,1-2H3,(H,51,52,53)/b12-10-,17-16-. The second kappa shape index (κ2) is 35.8. The number of carbonyl (C=O) groups excluding carboxylic acids is 2. The van der Waals surface area contributed by atoms with E-state index in [1.54, 1.807) is 0 Å². The van der Waals surface area contributed by atoms with Crippen LogP contribution in [0.3, 0.4) is 0 Å². The van der Waals surface area contributed by atoms with E-state index in [1.807, 2.05) is 0 Å². The van der Waals surface area contributed by atoms with E-state index < -0.39 is 71.2 Å². The van der Waals surface area contributed by atoms with Gasteiger partial charge in [-0.1, -0.05) is 147 Å². The van der Waals surface area contributed by atoms with Gasteiger partial charge in [0.05, 0.1) is 6.61 Å². The first-order valence-electron chi connectivity index (χ1n) is 22.9. The molecule has 4 N–H and O–H groups in total. The van der Waals surface area contributed by atoms with E-state index in [-0.39, 0.29) is 19.4 Å². The fraction of sp³-hybridized carbons (Fsp3) is 0.867. The van der Waals surface area contributed by atoms with E-state index in [0.717, 1.165) is 57.8 Å². The summed E-state index contributed by atoms with van der Waals surface area (Å²) in [5, 5.41) is 30.9. The minimum absolute atomic E-state index is 0.162. The highest BCUT2D eigenvalue weighted by Gasteiger charge is 2.46. The van der Waals surface area contributed by atoms with Crippen LogP contribution in [0.1, 0.15) is 194 Å². The van der Waals surface area contributed by atoms with Crippen molar-refractivity contribution in [3.05, 3.63) is 24.3 Å². The molecule has 0 bridgehead atoms. The van der Waals surface area contributed by atoms with Gasteiger partial charge < -0.3 is 34.3 Å². The van der Waals surface area contributed by atoms with Crippen molar-refractivity contribution < 1.29 is 56.8 Å². The third-order valence-electron chi connectivity index (χ3n) is 10.5. The summed E-state index contributed by atoms with van der Waals surface area (Å²) in [6.07, 6.45) is 29.4. The fourth-order valence-electron chi connectivity index (χ4n) is 6.89. The first-order chi connectivity index (χ1) is 28.0. The summed E-state index contributed by atoms with van der Waals surface area (Å²) in [4.78, 5) is 25.4. The molecule has 1 aliphatic rings. The van der Waals surface area contributed by atoms with E-state index in [9.17, 15) is 37.9 Å². The molecular weight excluding hydrogens is 765 g/mol. The van der Waals surface area contributed by atoms with Gasteiger partial charge in [0.15, 0.2) is 12.4 Å². The van der Waals surface area contributed by atoms with Gasteiger partial charge >= 0.3 is 11.9 Å². The monoisotopic (exact) mass is 847 g/mol. The summed E-state index contributed by atoms with van der Waals surface area (Å²) >= 11 is 0. The van der Waals surface area contributed by atoms with E-state index in [0.29, 0.717) is 12.8 Å².